The Morgan fingerprint density at radius 1 is 1.12 bits per heavy atom. The van der Waals surface area contributed by atoms with E-state index in [-0.39, 0.29) is 10.6 Å². The average Bonchev–Trinajstić information content (AvgIpc) is 2.81. The van der Waals surface area contributed by atoms with Crippen LogP contribution in [0.2, 0.25) is 0 Å². The molecule has 0 saturated carbocycles. The van der Waals surface area contributed by atoms with Gasteiger partial charge in [-0.15, -0.1) is 0 Å². The second kappa shape index (κ2) is 7.59. The molecule has 26 heavy (non-hydrogen) atoms. The van der Waals surface area contributed by atoms with Crippen LogP contribution >= 0.6 is 0 Å². The van der Waals surface area contributed by atoms with Gasteiger partial charge in [0.15, 0.2) is 0 Å². The highest BCUT2D eigenvalue weighted by Gasteiger charge is 2.27. The van der Waals surface area contributed by atoms with Gasteiger partial charge in [0.05, 0.1) is 0 Å². The molecule has 0 bridgehead atoms. The van der Waals surface area contributed by atoms with Gasteiger partial charge in [0.2, 0.25) is 10.0 Å². The van der Waals surface area contributed by atoms with Crippen LogP contribution in [0.15, 0.2) is 41.4 Å². The summed E-state index contributed by atoms with van der Waals surface area (Å²) in [4.78, 5) is 12.6. The van der Waals surface area contributed by atoms with Gasteiger partial charge in [-0.1, -0.05) is 18.9 Å². The Labute approximate surface area is 152 Å². The van der Waals surface area contributed by atoms with Gasteiger partial charge in [0.25, 0.3) is 5.91 Å². The molecule has 1 aliphatic rings. The molecule has 1 fully saturated rings. The lowest BCUT2D eigenvalue weighted by molar-refractivity contribution is 0.101. The number of rotatable bonds is 4. The molecule has 0 spiro atoms. The zero-order valence-electron chi connectivity index (χ0n) is 14.6. The van der Waals surface area contributed by atoms with E-state index in [9.17, 15) is 17.6 Å². The Bertz CT molecular complexity index is 900. The lowest BCUT2D eigenvalue weighted by Gasteiger charge is -2.18. The first-order valence-corrected chi connectivity index (χ1v) is 10.1. The van der Waals surface area contributed by atoms with Crippen LogP contribution in [0, 0.1) is 5.82 Å². The SMILES string of the molecule is Cn1cc(S(=O)(=O)N2CCCCCC2)cc1C(=O)Nc1cccc(F)c1. The number of carbonyl (C=O) groups excluding carboxylic acids is 1. The Morgan fingerprint density at radius 3 is 2.46 bits per heavy atom. The smallest absolute Gasteiger partial charge is 0.272 e. The summed E-state index contributed by atoms with van der Waals surface area (Å²) in [6, 6.07) is 6.92. The summed E-state index contributed by atoms with van der Waals surface area (Å²) in [6.45, 7) is 1.00. The van der Waals surface area contributed by atoms with Gasteiger partial charge in [0, 0.05) is 32.0 Å². The number of amides is 1. The first kappa shape index (κ1) is 18.6. The minimum absolute atomic E-state index is 0.103. The summed E-state index contributed by atoms with van der Waals surface area (Å²) in [5.74, 6) is -0.950. The van der Waals surface area contributed by atoms with Crippen molar-refractivity contribution in [2.75, 3.05) is 18.4 Å². The average molecular weight is 379 g/mol. The van der Waals surface area contributed by atoms with E-state index in [1.807, 2.05) is 0 Å². The third-order valence-corrected chi connectivity index (χ3v) is 6.36. The third kappa shape index (κ3) is 3.96. The fourth-order valence-corrected chi connectivity index (χ4v) is 4.68. The van der Waals surface area contributed by atoms with Gasteiger partial charge in [-0.25, -0.2) is 12.8 Å². The maximum atomic E-state index is 13.3. The molecule has 1 aromatic carbocycles. The van der Waals surface area contributed by atoms with Crippen molar-refractivity contribution in [2.45, 2.75) is 30.6 Å². The largest absolute Gasteiger partial charge is 0.345 e. The quantitative estimate of drug-likeness (QED) is 0.888. The van der Waals surface area contributed by atoms with Crippen molar-refractivity contribution in [3.8, 4) is 0 Å². The predicted molar refractivity (Wildman–Crippen MR) is 97.0 cm³/mol. The summed E-state index contributed by atoms with van der Waals surface area (Å²) in [6.07, 6.45) is 5.20. The van der Waals surface area contributed by atoms with E-state index in [1.165, 1.54) is 39.3 Å². The number of hydrogen-bond acceptors (Lipinski definition) is 3. The van der Waals surface area contributed by atoms with Crippen LogP contribution in [0.5, 0.6) is 0 Å². The molecule has 0 unspecified atom stereocenters. The number of halogens is 1. The molecular weight excluding hydrogens is 357 g/mol. The number of aryl methyl sites for hydroxylation is 1. The maximum absolute atomic E-state index is 13.3. The van der Waals surface area contributed by atoms with Crippen molar-refractivity contribution in [3.05, 3.63) is 48.0 Å². The maximum Gasteiger partial charge on any atom is 0.272 e. The van der Waals surface area contributed by atoms with Crippen LogP contribution in [-0.4, -0.2) is 36.3 Å². The zero-order chi connectivity index (χ0) is 18.7. The van der Waals surface area contributed by atoms with E-state index in [0.717, 1.165) is 25.7 Å². The summed E-state index contributed by atoms with van der Waals surface area (Å²) in [7, 11) is -2.01. The van der Waals surface area contributed by atoms with Crippen molar-refractivity contribution in [3.63, 3.8) is 0 Å². The number of aromatic nitrogens is 1. The number of nitrogens with one attached hydrogen (secondary N) is 1. The monoisotopic (exact) mass is 379 g/mol. The van der Waals surface area contributed by atoms with Crippen LogP contribution in [0.3, 0.4) is 0 Å². The van der Waals surface area contributed by atoms with E-state index in [0.29, 0.717) is 18.8 Å². The van der Waals surface area contributed by atoms with Gasteiger partial charge in [-0.2, -0.15) is 4.31 Å². The number of sulfonamides is 1. The minimum Gasteiger partial charge on any atom is -0.345 e. The normalized spacial score (nSPS) is 16.2. The number of anilines is 1. The van der Waals surface area contributed by atoms with Crippen LogP contribution in [0.1, 0.15) is 36.2 Å². The van der Waals surface area contributed by atoms with Gasteiger partial charge >= 0.3 is 0 Å². The molecule has 140 valence electrons. The Morgan fingerprint density at radius 2 is 1.81 bits per heavy atom. The Kier molecular flexibility index (Phi) is 5.43. The topological polar surface area (TPSA) is 71.4 Å². The van der Waals surface area contributed by atoms with Gasteiger partial charge < -0.3 is 9.88 Å². The summed E-state index contributed by atoms with van der Waals surface area (Å²) in [5.41, 5.74) is 0.510. The molecule has 1 aromatic heterocycles. The van der Waals surface area contributed by atoms with Crippen molar-refractivity contribution >= 4 is 21.6 Å². The molecule has 1 saturated heterocycles. The second-order valence-corrected chi connectivity index (χ2v) is 8.39. The molecule has 1 amide bonds. The highest BCUT2D eigenvalue weighted by molar-refractivity contribution is 7.89. The minimum atomic E-state index is -3.63. The molecule has 3 rings (SSSR count). The molecule has 0 aliphatic carbocycles. The van der Waals surface area contributed by atoms with Crippen LogP contribution in [0.4, 0.5) is 10.1 Å². The molecule has 1 N–H and O–H groups in total. The highest BCUT2D eigenvalue weighted by atomic mass is 32.2. The van der Waals surface area contributed by atoms with E-state index in [4.69, 9.17) is 0 Å². The first-order valence-electron chi connectivity index (χ1n) is 8.61. The van der Waals surface area contributed by atoms with E-state index >= 15 is 0 Å². The van der Waals surface area contributed by atoms with Gasteiger partial charge in [-0.3, -0.25) is 4.79 Å². The predicted octanol–water partition coefficient (Wildman–Crippen LogP) is 2.98. The van der Waals surface area contributed by atoms with Crippen molar-refractivity contribution in [2.24, 2.45) is 7.05 Å². The highest BCUT2D eigenvalue weighted by Crippen LogP contribution is 2.22. The summed E-state index contributed by atoms with van der Waals surface area (Å²) < 4.78 is 41.9. The third-order valence-electron chi connectivity index (χ3n) is 4.50. The standard InChI is InChI=1S/C18H22FN3O3S/c1-21-13-16(26(24,25)22-9-4-2-3-5-10-22)12-17(21)18(23)20-15-8-6-7-14(19)11-15/h6-8,11-13H,2-5,9-10H2,1H3,(H,20,23). The number of hydrogen-bond donors (Lipinski definition) is 1. The fraction of sp³-hybridized carbons (Fsp3) is 0.389. The lowest BCUT2D eigenvalue weighted by Crippen LogP contribution is -2.31. The molecule has 0 radical (unpaired) electrons. The zero-order valence-corrected chi connectivity index (χ0v) is 15.4. The van der Waals surface area contributed by atoms with Gasteiger partial charge in [0.1, 0.15) is 16.4 Å². The Balaban J connectivity index is 1.82. The number of carbonyl (C=O) groups is 1. The van der Waals surface area contributed by atoms with Gasteiger partial charge in [-0.05, 0) is 37.1 Å². The molecule has 2 heterocycles. The first-order chi connectivity index (χ1) is 12.4. The number of benzene rings is 1. The molecule has 8 heteroatoms. The molecule has 6 nitrogen and oxygen atoms in total. The second-order valence-electron chi connectivity index (χ2n) is 6.45. The molecule has 2 aromatic rings. The molecular formula is C18H22FN3O3S. The van der Waals surface area contributed by atoms with E-state index in [2.05, 4.69) is 5.32 Å². The van der Waals surface area contributed by atoms with Crippen molar-refractivity contribution < 1.29 is 17.6 Å². The molecule has 0 atom stereocenters. The molecule has 1 aliphatic heterocycles. The fourth-order valence-electron chi connectivity index (χ4n) is 3.09. The Hall–Kier alpha value is -2.19. The van der Waals surface area contributed by atoms with E-state index in [1.54, 1.807) is 13.1 Å². The number of nitrogens with zero attached hydrogens (tertiary/aromatic N) is 2. The lowest BCUT2D eigenvalue weighted by atomic mass is 10.2. The summed E-state index contributed by atoms with van der Waals surface area (Å²) >= 11 is 0. The summed E-state index contributed by atoms with van der Waals surface area (Å²) in [5, 5.41) is 2.59. The van der Waals surface area contributed by atoms with Crippen molar-refractivity contribution in [1.29, 1.82) is 0 Å². The van der Waals surface area contributed by atoms with Crippen LogP contribution in [-0.2, 0) is 17.1 Å². The van der Waals surface area contributed by atoms with Crippen molar-refractivity contribution in [1.82, 2.24) is 8.87 Å². The van der Waals surface area contributed by atoms with Crippen LogP contribution in [0.25, 0.3) is 0 Å². The van der Waals surface area contributed by atoms with Crippen LogP contribution < -0.4 is 5.32 Å². The van der Waals surface area contributed by atoms with E-state index < -0.39 is 21.7 Å².